The van der Waals surface area contributed by atoms with Crippen molar-refractivity contribution in [1.29, 1.82) is 0 Å². The first-order chi connectivity index (χ1) is 10.1. The fraction of sp³-hybridized carbons (Fsp3) is 0.462. The molecule has 0 saturated carbocycles. The van der Waals surface area contributed by atoms with E-state index in [1.54, 1.807) is 0 Å². The first-order valence-electron chi connectivity index (χ1n) is 6.36. The summed E-state index contributed by atoms with van der Waals surface area (Å²) in [5, 5.41) is 19.7. The average molecular weight is 299 g/mol. The first-order valence-corrected chi connectivity index (χ1v) is 6.36. The average Bonchev–Trinajstić information content (AvgIpc) is 2.46. The number of nitro groups is 1. The van der Waals surface area contributed by atoms with Crippen LogP contribution in [0.4, 0.5) is 5.69 Å². The number of nitro benzene ring substituents is 1. The van der Waals surface area contributed by atoms with E-state index in [9.17, 15) is 14.9 Å². The lowest BCUT2D eigenvalue weighted by molar-refractivity contribution is -0.385. The van der Waals surface area contributed by atoms with Gasteiger partial charge >= 0.3 is 11.7 Å². The Bertz CT molecular complexity index is 489. The third-order valence-electron chi connectivity index (χ3n) is 2.46. The summed E-state index contributed by atoms with van der Waals surface area (Å²) in [6.45, 7) is 3.76. The number of carboxylic acids is 1. The molecule has 0 aliphatic carbocycles. The van der Waals surface area contributed by atoms with Gasteiger partial charge in [-0.1, -0.05) is 0 Å². The number of carboxylic acid groups (broad SMARTS) is 1. The highest BCUT2D eigenvalue weighted by molar-refractivity contribution is 5.88. The summed E-state index contributed by atoms with van der Waals surface area (Å²) in [7, 11) is 0. The van der Waals surface area contributed by atoms with Gasteiger partial charge in [0, 0.05) is 12.7 Å². The third-order valence-corrected chi connectivity index (χ3v) is 2.46. The van der Waals surface area contributed by atoms with Crippen LogP contribution in [0.25, 0.3) is 0 Å². The molecule has 116 valence electrons. The van der Waals surface area contributed by atoms with Crippen molar-refractivity contribution in [1.82, 2.24) is 0 Å². The molecule has 0 aliphatic rings. The standard InChI is InChI=1S/C13H17NO7/c1-2-19-5-6-20-7-8-21-12-4-3-10(13(15)16)9-11(12)14(17)18/h3-4,9H,2,5-8H2,1H3,(H,15,16). The van der Waals surface area contributed by atoms with Gasteiger partial charge in [-0.2, -0.15) is 0 Å². The summed E-state index contributed by atoms with van der Waals surface area (Å²) in [6.07, 6.45) is 0. The normalized spacial score (nSPS) is 10.3. The molecule has 1 N–H and O–H groups in total. The van der Waals surface area contributed by atoms with E-state index in [1.165, 1.54) is 12.1 Å². The van der Waals surface area contributed by atoms with Gasteiger partial charge in [-0.15, -0.1) is 0 Å². The van der Waals surface area contributed by atoms with Gasteiger partial charge in [-0.05, 0) is 19.1 Å². The van der Waals surface area contributed by atoms with Crippen LogP contribution in [0.15, 0.2) is 18.2 Å². The van der Waals surface area contributed by atoms with Crippen LogP contribution in [0.5, 0.6) is 5.75 Å². The van der Waals surface area contributed by atoms with E-state index in [0.29, 0.717) is 19.8 Å². The smallest absolute Gasteiger partial charge is 0.335 e. The number of aromatic carboxylic acids is 1. The van der Waals surface area contributed by atoms with Crippen molar-refractivity contribution in [3.05, 3.63) is 33.9 Å². The number of ether oxygens (including phenoxy) is 3. The fourth-order valence-corrected chi connectivity index (χ4v) is 1.49. The molecule has 0 bridgehead atoms. The molecule has 1 aromatic carbocycles. The lowest BCUT2D eigenvalue weighted by Crippen LogP contribution is -2.11. The van der Waals surface area contributed by atoms with Gasteiger partial charge in [-0.25, -0.2) is 4.79 Å². The van der Waals surface area contributed by atoms with Crippen LogP contribution in [0, 0.1) is 10.1 Å². The maximum atomic E-state index is 10.9. The number of hydrogen-bond acceptors (Lipinski definition) is 6. The molecule has 8 nitrogen and oxygen atoms in total. The van der Waals surface area contributed by atoms with E-state index in [-0.39, 0.29) is 30.2 Å². The third kappa shape index (κ3) is 5.76. The zero-order chi connectivity index (χ0) is 15.7. The molecule has 0 spiro atoms. The number of hydrogen-bond donors (Lipinski definition) is 1. The molecule has 0 fully saturated rings. The number of benzene rings is 1. The highest BCUT2D eigenvalue weighted by Gasteiger charge is 2.18. The SMILES string of the molecule is CCOCCOCCOc1ccc(C(=O)O)cc1[N+](=O)[O-]. The summed E-state index contributed by atoms with van der Waals surface area (Å²) < 4.78 is 15.5. The van der Waals surface area contributed by atoms with Gasteiger partial charge in [0.25, 0.3) is 0 Å². The Morgan fingerprint density at radius 1 is 1.24 bits per heavy atom. The molecule has 21 heavy (non-hydrogen) atoms. The monoisotopic (exact) mass is 299 g/mol. The Morgan fingerprint density at radius 2 is 1.90 bits per heavy atom. The largest absolute Gasteiger partial charge is 0.484 e. The molecular formula is C13H17NO7. The predicted octanol–water partition coefficient (Wildman–Crippen LogP) is 1.72. The van der Waals surface area contributed by atoms with Crippen LogP contribution >= 0.6 is 0 Å². The second-order valence-electron chi connectivity index (χ2n) is 3.90. The molecule has 1 aromatic rings. The van der Waals surface area contributed by atoms with Crippen LogP contribution in [-0.2, 0) is 9.47 Å². The summed E-state index contributed by atoms with van der Waals surface area (Å²) in [5.41, 5.74) is -0.550. The minimum absolute atomic E-state index is 0.0124. The van der Waals surface area contributed by atoms with Gasteiger partial charge < -0.3 is 19.3 Å². The number of rotatable bonds is 10. The van der Waals surface area contributed by atoms with Crippen LogP contribution < -0.4 is 4.74 Å². The van der Waals surface area contributed by atoms with Gasteiger partial charge in [-0.3, -0.25) is 10.1 Å². The van der Waals surface area contributed by atoms with Crippen molar-refractivity contribution in [2.75, 3.05) is 33.0 Å². The Balaban J connectivity index is 2.51. The molecule has 0 radical (unpaired) electrons. The lowest BCUT2D eigenvalue weighted by Gasteiger charge is -2.08. The van der Waals surface area contributed by atoms with E-state index in [4.69, 9.17) is 19.3 Å². The van der Waals surface area contributed by atoms with Crippen molar-refractivity contribution in [3.8, 4) is 5.75 Å². The molecule has 1 rings (SSSR count). The van der Waals surface area contributed by atoms with Crippen LogP contribution in [0.2, 0.25) is 0 Å². The second-order valence-corrected chi connectivity index (χ2v) is 3.90. The highest BCUT2D eigenvalue weighted by Crippen LogP contribution is 2.27. The van der Waals surface area contributed by atoms with Crippen molar-refractivity contribution in [2.24, 2.45) is 0 Å². The molecule has 0 saturated heterocycles. The van der Waals surface area contributed by atoms with Gasteiger partial charge in [0.15, 0.2) is 5.75 Å². The zero-order valence-electron chi connectivity index (χ0n) is 11.6. The fourth-order valence-electron chi connectivity index (χ4n) is 1.49. The van der Waals surface area contributed by atoms with Crippen LogP contribution in [0.1, 0.15) is 17.3 Å². The molecule has 0 aromatic heterocycles. The number of nitrogens with zero attached hydrogens (tertiary/aromatic N) is 1. The van der Waals surface area contributed by atoms with Gasteiger partial charge in [0.1, 0.15) is 6.61 Å². The molecule has 0 amide bonds. The summed E-state index contributed by atoms with van der Waals surface area (Å²) in [4.78, 5) is 21.0. The molecule has 0 atom stereocenters. The Hall–Kier alpha value is -2.19. The molecule has 0 heterocycles. The van der Waals surface area contributed by atoms with Gasteiger partial charge in [0.05, 0.1) is 30.3 Å². The molecule has 8 heteroatoms. The quantitative estimate of drug-likeness (QED) is 0.398. The summed E-state index contributed by atoms with van der Waals surface area (Å²) in [5.74, 6) is -1.22. The number of carbonyl (C=O) groups is 1. The topological polar surface area (TPSA) is 108 Å². The van der Waals surface area contributed by atoms with E-state index < -0.39 is 10.9 Å². The zero-order valence-corrected chi connectivity index (χ0v) is 11.6. The molecular weight excluding hydrogens is 282 g/mol. The molecule has 0 aliphatic heterocycles. The lowest BCUT2D eigenvalue weighted by atomic mass is 10.2. The van der Waals surface area contributed by atoms with Crippen molar-refractivity contribution >= 4 is 11.7 Å². The summed E-state index contributed by atoms with van der Waals surface area (Å²) in [6, 6.07) is 3.48. The van der Waals surface area contributed by atoms with E-state index in [1.807, 2.05) is 6.92 Å². The van der Waals surface area contributed by atoms with Crippen LogP contribution in [-0.4, -0.2) is 49.0 Å². The van der Waals surface area contributed by atoms with Crippen LogP contribution in [0.3, 0.4) is 0 Å². The minimum Gasteiger partial charge on any atom is -0.484 e. The maximum Gasteiger partial charge on any atom is 0.335 e. The first kappa shape index (κ1) is 16.9. The maximum absolute atomic E-state index is 10.9. The Kier molecular flexibility index (Phi) is 7.13. The van der Waals surface area contributed by atoms with E-state index in [0.717, 1.165) is 6.07 Å². The van der Waals surface area contributed by atoms with Crippen molar-refractivity contribution in [2.45, 2.75) is 6.92 Å². The molecule has 0 unspecified atom stereocenters. The Morgan fingerprint density at radius 3 is 2.52 bits per heavy atom. The Labute approximate surface area is 121 Å². The second kappa shape index (κ2) is 8.88. The summed E-state index contributed by atoms with van der Waals surface area (Å²) >= 11 is 0. The van der Waals surface area contributed by atoms with E-state index in [2.05, 4.69) is 0 Å². The predicted molar refractivity (Wildman–Crippen MR) is 72.9 cm³/mol. The van der Waals surface area contributed by atoms with Crippen molar-refractivity contribution < 1.29 is 29.0 Å². The van der Waals surface area contributed by atoms with E-state index >= 15 is 0 Å². The minimum atomic E-state index is -1.23. The van der Waals surface area contributed by atoms with Gasteiger partial charge in [0.2, 0.25) is 0 Å². The van der Waals surface area contributed by atoms with Crippen molar-refractivity contribution in [3.63, 3.8) is 0 Å². The highest BCUT2D eigenvalue weighted by atomic mass is 16.6.